The third-order valence-corrected chi connectivity index (χ3v) is 3.05. The Bertz CT molecular complexity index is 137. The Morgan fingerprint density at radius 2 is 2.38 bits per heavy atom. The van der Waals surface area contributed by atoms with Crippen LogP contribution in [-0.2, 0) is 0 Å². The van der Waals surface area contributed by atoms with Gasteiger partial charge < -0.3 is 10.4 Å². The van der Waals surface area contributed by atoms with E-state index in [1.807, 2.05) is 7.05 Å². The first-order valence-electron chi connectivity index (χ1n) is 5.34. The minimum absolute atomic E-state index is 0.240. The summed E-state index contributed by atoms with van der Waals surface area (Å²) in [5.41, 5.74) is 0. The van der Waals surface area contributed by atoms with Crippen molar-refractivity contribution in [2.24, 2.45) is 0 Å². The lowest BCUT2D eigenvalue weighted by atomic mass is 10.1. The van der Waals surface area contributed by atoms with Gasteiger partial charge in [0.2, 0.25) is 0 Å². The molecule has 2 atom stereocenters. The van der Waals surface area contributed by atoms with Crippen LogP contribution in [-0.4, -0.2) is 48.8 Å². The van der Waals surface area contributed by atoms with Gasteiger partial charge in [-0.1, -0.05) is 6.92 Å². The van der Waals surface area contributed by atoms with Crippen molar-refractivity contribution < 1.29 is 5.11 Å². The molecule has 2 N–H and O–H groups in total. The normalized spacial score (nSPS) is 26.5. The van der Waals surface area contributed by atoms with Crippen LogP contribution in [0.15, 0.2) is 0 Å². The van der Waals surface area contributed by atoms with Gasteiger partial charge in [0, 0.05) is 18.6 Å². The molecule has 1 aliphatic rings. The van der Waals surface area contributed by atoms with E-state index < -0.39 is 0 Å². The van der Waals surface area contributed by atoms with Crippen LogP contribution in [0.5, 0.6) is 0 Å². The average Bonchev–Trinajstić information content (AvgIpc) is 2.61. The largest absolute Gasteiger partial charge is 0.395 e. The second-order valence-corrected chi connectivity index (χ2v) is 3.87. The molecule has 0 spiro atoms. The highest BCUT2D eigenvalue weighted by Gasteiger charge is 2.24. The Morgan fingerprint density at radius 1 is 1.62 bits per heavy atom. The van der Waals surface area contributed by atoms with Crippen molar-refractivity contribution in [2.45, 2.75) is 38.3 Å². The van der Waals surface area contributed by atoms with E-state index in [1.165, 1.54) is 25.8 Å². The fraction of sp³-hybridized carbons (Fsp3) is 1.00. The molecule has 0 aliphatic carbocycles. The fourth-order valence-corrected chi connectivity index (χ4v) is 2.12. The maximum absolute atomic E-state index is 9.06. The number of likely N-dealkylation sites (N-methyl/N-ethyl adjacent to an activating group) is 1. The summed E-state index contributed by atoms with van der Waals surface area (Å²) in [5.74, 6) is 0. The van der Waals surface area contributed by atoms with Gasteiger partial charge in [-0.25, -0.2) is 0 Å². The molecule has 1 aliphatic heterocycles. The van der Waals surface area contributed by atoms with Gasteiger partial charge in [0.1, 0.15) is 0 Å². The minimum atomic E-state index is 0.240. The first kappa shape index (κ1) is 11.0. The maximum atomic E-state index is 9.06. The number of hydrogen-bond donors (Lipinski definition) is 2. The summed E-state index contributed by atoms with van der Waals surface area (Å²) < 4.78 is 0. The Labute approximate surface area is 81.1 Å². The summed E-state index contributed by atoms with van der Waals surface area (Å²) >= 11 is 0. The highest BCUT2D eigenvalue weighted by molar-refractivity contribution is 4.81. The lowest BCUT2D eigenvalue weighted by Crippen LogP contribution is -2.43. The number of aliphatic hydroxyl groups excluding tert-OH is 1. The Balaban J connectivity index is 2.33. The molecule has 0 bridgehead atoms. The maximum Gasteiger partial charge on any atom is 0.0597 e. The van der Waals surface area contributed by atoms with E-state index >= 15 is 0 Å². The second kappa shape index (κ2) is 5.58. The lowest BCUT2D eigenvalue weighted by molar-refractivity contribution is 0.175. The second-order valence-electron chi connectivity index (χ2n) is 3.87. The van der Waals surface area contributed by atoms with Crippen LogP contribution in [0.2, 0.25) is 0 Å². The number of nitrogens with one attached hydrogen (secondary N) is 1. The van der Waals surface area contributed by atoms with Crippen molar-refractivity contribution in [2.75, 3.05) is 26.7 Å². The van der Waals surface area contributed by atoms with Crippen LogP contribution in [0.4, 0.5) is 0 Å². The van der Waals surface area contributed by atoms with Crippen LogP contribution < -0.4 is 5.32 Å². The van der Waals surface area contributed by atoms with Gasteiger partial charge in [-0.2, -0.15) is 0 Å². The molecule has 0 radical (unpaired) electrons. The lowest BCUT2D eigenvalue weighted by Gasteiger charge is -2.27. The molecule has 0 aromatic carbocycles. The van der Waals surface area contributed by atoms with E-state index in [2.05, 4.69) is 17.1 Å². The molecule has 3 heteroatoms. The first-order chi connectivity index (χ1) is 6.31. The highest BCUT2D eigenvalue weighted by atomic mass is 16.3. The zero-order chi connectivity index (χ0) is 9.68. The average molecular weight is 186 g/mol. The van der Waals surface area contributed by atoms with E-state index in [9.17, 15) is 0 Å². The molecule has 13 heavy (non-hydrogen) atoms. The molecule has 3 nitrogen and oxygen atoms in total. The summed E-state index contributed by atoms with van der Waals surface area (Å²) in [6, 6.07) is 0.995. The van der Waals surface area contributed by atoms with E-state index in [-0.39, 0.29) is 12.6 Å². The predicted molar refractivity (Wildman–Crippen MR) is 54.8 cm³/mol. The van der Waals surface area contributed by atoms with Crippen molar-refractivity contribution in [1.82, 2.24) is 10.2 Å². The van der Waals surface area contributed by atoms with Gasteiger partial charge in [0.15, 0.2) is 0 Å². The molecule has 1 rings (SSSR count). The van der Waals surface area contributed by atoms with Gasteiger partial charge in [-0.3, -0.25) is 4.90 Å². The summed E-state index contributed by atoms with van der Waals surface area (Å²) in [6.07, 6.45) is 3.89. The van der Waals surface area contributed by atoms with Crippen molar-refractivity contribution >= 4 is 0 Å². The van der Waals surface area contributed by atoms with Crippen molar-refractivity contribution in [3.05, 3.63) is 0 Å². The smallest absolute Gasteiger partial charge is 0.0597 e. The molecule has 0 amide bonds. The van der Waals surface area contributed by atoms with E-state index in [0.29, 0.717) is 0 Å². The number of aliphatic hydroxyl groups is 1. The zero-order valence-electron chi connectivity index (χ0n) is 8.79. The third kappa shape index (κ3) is 2.93. The quantitative estimate of drug-likeness (QED) is 0.654. The Morgan fingerprint density at radius 3 is 2.92 bits per heavy atom. The van der Waals surface area contributed by atoms with Crippen molar-refractivity contribution in [1.29, 1.82) is 0 Å². The standard InChI is InChI=1S/C10H22N2O/c1-3-10-5-4-6-12(10)7-9(8-13)11-2/h9-11,13H,3-8H2,1-2H3. The molecular weight excluding hydrogens is 164 g/mol. The highest BCUT2D eigenvalue weighted by Crippen LogP contribution is 2.19. The first-order valence-corrected chi connectivity index (χ1v) is 5.34. The van der Waals surface area contributed by atoms with Crippen molar-refractivity contribution in [3.8, 4) is 0 Å². The zero-order valence-corrected chi connectivity index (χ0v) is 8.79. The molecule has 2 unspecified atom stereocenters. The summed E-state index contributed by atoms with van der Waals surface area (Å²) in [4.78, 5) is 2.50. The molecular formula is C10H22N2O. The third-order valence-electron chi connectivity index (χ3n) is 3.05. The van der Waals surface area contributed by atoms with Crippen LogP contribution >= 0.6 is 0 Å². The van der Waals surface area contributed by atoms with E-state index in [1.54, 1.807) is 0 Å². The van der Waals surface area contributed by atoms with Crippen molar-refractivity contribution in [3.63, 3.8) is 0 Å². The summed E-state index contributed by atoms with van der Waals surface area (Å²) in [7, 11) is 1.91. The number of likely N-dealkylation sites (tertiary alicyclic amines) is 1. The molecule has 1 saturated heterocycles. The molecule has 1 fully saturated rings. The minimum Gasteiger partial charge on any atom is -0.395 e. The molecule has 78 valence electrons. The topological polar surface area (TPSA) is 35.5 Å². The van der Waals surface area contributed by atoms with E-state index in [0.717, 1.165) is 12.6 Å². The fourth-order valence-electron chi connectivity index (χ4n) is 2.12. The number of nitrogens with zero attached hydrogens (tertiary/aromatic N) is 1. The van der Waals surface area contributed by atoms with Crippen LogP contribution in [0.25, 0.3) is 0 Å². The van der Waals surface area contributed by atoms with Crippen LogP contribution in [0.3, 0.4) is 0 Å². The predicted octanol–water partition coefficient (Wildman–Crippen LogP) is 0.441. The molecule has 0 aromatic heterocycles. The molecule has 1 heterocycles. The van der Waals surface area contributed by atoms with Crippen LogP contribution in [0.1, 0.15) is 26.2 Å². The van der Waals surface area contributed by atoms with Crippen LogP contribution in [0, 0.1) is 0 Å². The van der Waals surface area contributed by atoms with Gasteiger partial charge in [-0.05, 0) is 32.9 Å². The van der Waals surface area contributed by atoms with E-state index in [4.69, 9.17) is 5.11 Å². The Kier molecular flexibility index (Phi) is 4.70. The number of rotatable bonds is 5. The van der Waals surface area contributed by atoms with Gasteiger partial charge in [0.25, 0.3) is 0 Å². The monoisotopic (exact) mass is 186 g/mol. The van der Waals surface area contributed by atoms with Gasteiger partial charge in [0.05, 0.1) is 6.61 Å². The molecule has 0 aromatic rings. The Hall–Kier alpha value is -0.120. The molecule has 0 saturated carbocycles. The number of hydrogen-bond acceptors (Lipinski definition) is 3. The van der Waals surface area contributed by atoms with Gasteiger partial charge >= 0.3 is 0 Å². The van der Waals surface area contributed by atoms with Gasteiger partial charge in [-0.15, -0.1) is 0 Å². The summed E-state index contributed by atoms with van der Waals surface area (Å²) in [6.45, 7) is 4.68. The summed E-state index contributed by atoms with van der Waals surface area (Å²) in [5, 5.41) is 12.2. The SMILES string of the molecule is CCC1CCCN1CC(CO)NC.